The van der Waals surface area contributed by atoms with Crippen molar-refractivity contribution in [2.24, 2.45) is 0 Å². The minimum atomic E-state index is -3.04. The molecule has 1 unspecified atom stereocenters. The van der Waals surface area contributed by atoms with E-state index in [9.17, 15) is 8.42 Å². The Morgan fingerprint density at radius 3 is 2.41 bits per heavy atom. The van der Waals surface area contributed by atoms with Crippen LogP contribution >= 0.6 is 11.3 Å². The maximum atomic E-state index is 11.9. The Hall–Kier alpha value is -0.350. The van der Waals surface area contributed by atoms with Gasteiger partial charge in [0.05, 0.1) is 5.75 Å². The van der Waals surface area contributed by atoms with E-state index in [2.05, 4.69) is 20.8 Å². The van der Waals surface area contributed by atoms with Crippen LogP contribution in [0.25, 0.3) is 0 Å². The van der Waals surface area contributed by atoms with Crippen LogP contribution in [0.4, 0.5) is 0 Å². The molecule has 98 valence electrons. The summed E-state index contributed by atoms with van der Waals surface area (Å²) in [6.07, 6.45) is 3.11. The van der Waals surface area contributed by atoms with Gasteiger partial charge >= 0.3 is 0 Å². The van der Waals surface area contributed by atoms with Crippen molar-refractivity contribution in [1.82, 2.24) is 0 Å². The molecule has 1 atom stereocenters. The molecule has 0 radical (unpaired) electrons. The molecule has 0 N–H and O–H groups in total. The molecule has 4 heteroatoms. The number of rotatable bonds is 6. The second-order valence-electron chi connectivity index (χ2n) is 4.41. The summed E-state index contributed by atoms with van der Waals surface area (Å²) in [6.45, 7) is 8.15. The highest BCUT2D eigenvalue weighted by molar-refractivity contribution is 7.93. The van der Waals surface area contributed by atoms with Crippen molar-refractivity contribution in [3.05, 3.63) is 16.5 Å². The average molecular weight is 274 g/mol. The molecule has 1 aromatic heterocycles. The fourth-order valence-corrected chi connectivity index (χ4v) is 4.64. The zero-order chi connectivity index (χ0) is 13.1. The summed E-state index contributed by atoms with van der Waals surface area (Å²) in [7, 11) is -3.04. The Morgan fingerprint density at radius 1 is 1.29 bits per heavy atom. The van der Waals surface area contributed by atoms with E-state index < -0.39 is 9.84 Å². The van der Waals surface area contributed by atoms with E-state index >= 15 is 0 Å². The zero-order valence-electron chi connectivity index (χ0n) is 11.1. The van der Waals surface area contributed by atoms with Gasteiger partial charge in [0.1, 0.15) is 4.21 Å². The number of hydrogen-bond acceptors (Lipinski definition) is 3. The van der Waals surface area contributed by atoms with Gasteiger partial charge in [0.25, 0.3) is 0 Å². The van der Waals surface area contributed by atoms with Crippen molar-refractivity contribution in [3.8, 4) is 0 Å². The van der Waals surface area contributed by atoms with E-state index in [-0.39, 0.29) is 5.75 Å². The van der Waals surface area contributed by atoms with Gasteiger partial charge in [0.15, 0.2) is 9.84 Å². The molecule has 0 saturated heterocycles. The third-order valence-electron chi connectivity index (χ3n) is 3.13. The normalized spacial score (nSPS) is 13.9. The van der Waals surface area contributed by atoms with Gasteiger partial charge in [-0.25, -0.2) is 8.42 Å². The van der Waals surface area contributed by atoms with Gasteiger partial charge in [-0.3, -0.25) is 0 Å². The summed E-state index contributed by atoms with van der Waals surface area (Å²) >= 11 is 1.47. The first-order chi connectivity index (χ1) is 7.96. The Kier molecular flexibility index (Phi) is 5.20. The zero-order valence-corrected chi connectivity index (χ0v) is 12.7. The molecule has 0 spiro atoms. The lowest BCUT2D eigenvalue weighted by Crippen LogP contribution is -2.00. The highest BCUT2D eigenvalue weighted by Crippen LogP contribution is 2.34. The van der Waals surface area contributed by atoms with Crippen LogP contribution in [0.2, 0.25) is 0 Å². The Bertz CT molecular complexity index is 458. The van der Waals surface area contributed by atoms with Crippen molar-refractivity contribution >= 4 is 21.2 Å². The number of aryl methyl sites for hydroxylation is 1. The predicted octanol–water partition coefficient (Wildman–Crippen LogP) is 4.01. The third-order valence-corrected chi connectivity index (χ3v) is 6.63. The lowest BCUT2D eigenvalue weighted by molar-refractivity contribution is 0.599. The minimum Gasteiger partial charge on any atom is -0.223 e. The summed E-state index contributed by atoms with van der Waals surface area (Å²) in [5.74, 6) is 0.646. The maximum absolute atomic E-state index is 11.9. The first-order valence-electron chi connectivity index (χ1n) is 6.31. The minimum absolute atomic E-state index is 0.193. The van der Waals surface area contributed by atoms with Gasteiger partial charge in [-0.05, 0) is 30.4 Å². The number of hydrogen-bond donors (Lipinski definition) is 0. The number of sulfone groups is 1. The monoisotopic (exact) mass is 274 g/mol. The molecule has 1 aromatic rings. The van der Waals surface area contributed by atoms with Gasteiger partial charge < -0.3 is 0 Å². The summed E-state index contributed by atoms with van der Waals surface area (Å²) in [5, 5.41) is 0. The molecule has 0 aromatic carbocycles. The molecular weight excluding hydrogens is 252 g/mol. The standard InChI is InChI=1S/C13H22O2S2/c1-5-8-12-11(10(4)6-2)9-13(16-12)17(14,15)7-3/h9-10H,5-8H2,1-4H3. The van der Waals surface area contributed by atoms with Crippen LogP contribution in [0.3, 0.4) is 0 Å². The van der Waals surface area contributed by atoms with E-state index in [1.165, 1.54) is 21.8 Å². The smallest absolute Gasteiger partial charge is 0.187 e. The molecule has 1 heterocycles. The Morgan fingerprint density at radius 2 is 1.94 bits per heavy atom. The molecule has 17 heavy (non-hydrogen) atoms. The predicted molar refractivity (Wildman–Crippen MR) is 74.7 cm³/mol. The van der Waals surface area contributed by atoms with E-state index in [4.69, 9.17) is 0 Å². The van der Waals surface area contributed by atoms with Crippen molar-refractivity contribution in [2.75, 3.05) is 5.75 Å². The number of thiophene rings is 1. The molecule has 1 rings (SSSR count). The molecule has 0 fully saturated rings. The molecule has 0 amide bonds. The first kappa shape index (κ1) is 14.7. The molecular formula is C13H22O2S2. The van der Waals surface area contributed by atoms with Crippen LogP contribution in [-0.4, -0.2) is 14.2 Å². The highest BCUT2D eigenvalue weighted by atomic mass is 32.2. The van der Waals surface area contributed by atoms with Crippen molar-refractivity contribution in [3.63, 3.8) is 0 Å². The molecule has 0 aliphatic carbocycles. The topological polar surface area (TPSA) is 34.1 Å². The fourth-order valence-electron chi connectivity index (χ4n) is 1.77. The quantitative estimate of drug-likeness (QED) is 0.785. The lowest BCUT2D eigenvalue weighted by atomic mass is 9.98. The summed E-state index contributed by atoms with van der Waals surface area (Å²) < 4.78 is 24.3. The van der Waals surface area contributed by atoms with Crippen molar-refractivity contribution < 1.29 is 8.42 Å². The van der Waals surface area contributed by atoms with Gasteiger partial charge in [0.2, 0.25) is 0 Å². The largest absolute Gasteiger partial charge is 0.223 e. The Balaban J connectivity index is 3.21. The molecule has 0 aliphatic heterocycles. The summed E-state index contributed by atoms with van der Waals surface area (Å²) in [4.78, 5) is 1.26. The SMILES string of the molecule is CCCc1sc(S(=O)(=O)CC)cc1C(C)CC. The van der Waals surface area contributed by atoms with E-state index in [1.54, 1.807) is 6.92 Å². The fraction of sp³-hybridized carbons (Fsp3) is 0.692. The Labute approximate surface area is 109 Å². The van der Waals surface area contributed by atoms with Crippen LogP contribution in [-0.2, 0) is 16.3 Å². The first-order valence-corrected chi connectivity index (χ1v) is 8.78. The third kappa shape index (κ3) is 3.32. The second kappa shape index (κ2) is 6.01. The molecule has 2 nitrogen and oxygen atoms in total. The van der Waals surface area contributed by atoms with Gasteiger partial charge in [-0.2, -0.15) is 0 Å². The summed E-state index contributed by atoms with van der Waals surface area (Å²) in [6, 6.07) is 1.91. The van der Waals surface area contributed by atoms with E-state index in [1.807, 2.05) is 6.07 Å². The molecule has 0 bridgehead atoms. The van der Waals surface area contributed by atoms with Crippen LogP contribution < -0.4 is 0 Å². The van der Waals surface area contributed by atoms with Gasteiger partial charge in [-0.1, -0.05) is 34.1 Å². The van der Waals surface area contributed by atoms with E-state index in [0.717, 1.165) is 19.3 Å². The van der Waals surface area contributed by atoms with E-state index in [0.29, 0.717) is 10.1 Å². The van der Waals surface area contributed by atoms with Crippen LogP contribution in [0.5, 0.6) is 0 Å². The van der Waals surface area contributed by atoms with Crippen LogP contribution in [0, 0.1) is 0 Å². The van der Waals surface area contributed by atoms with Crippen molar-refractivity contribution in [1.29, 1.82) is 0 Å². The molecule has 0 aliphatic rings. The highest BCUT2D eigenvalue weighted by Gasteiger charge is 2.20. The van der Waals surface area contributed by atoms with Crippen molar-refractivity contribution in [2.45, 2.75) is 57.1 Å². The van der Waals surface area contributed by atoms with Crippen LogP contribution in [0.1, 0.15) is 56.9 Å². The van der Waals surface area contributed by atoms with Gasteiger partial charge in [0, 0.05) is 4.88 Å². The second-order valence-corrected chi connectivity index (χ2v) is 8.05. The molecule has 0 saturated carbocycles. The average Bonchev–Trinajstić information content (AvgIpc) is 2.73. The maximum Gasteiger partial charge on any atom is 0.187 e. The lowest BCUT2D eigenvalue weighted by Gasteiger charge is -2.08. The summed E-state index contributed by atoms with van der Waals surface area (Å²) in [5.41, 5.74) is 1.24. The van der Waals surface area contributed by atoms with Gasteiger partial charge in [-0.15, -0.1) is 11.3 Å². The van der Waals surface area contributed by atoms with Crippen LogP contribution in [0.15, 0.2) is 10.3 Å².